The van der Waals surface area contributed by atoms with E-state index in [1.165, 1.54) is 4.90 Å². The van der Waals surface area contributed by atoms with Crippen LogP contribution in [0.3, 0.4) is 0 Å². The first kappa shape index (κ1) is 26.5. The molecule has 0 radical (unpaired) electrons. The predicted octanol–water partition coefficient (Wildman–Crippen LogP) is 4.83. The van der Waals surface area contributed by atoms with Crippen LogP contribution in [0.5, 0.6) is 11.5 Å². The first-order chi connectivity index (χ1) is 21.5. The molecule has 1 fully saturated rings. The zero-order valence-electron chi connectivity index (χ0n) is 23.2. The zero-order valence-corrected chi connectivity index (χ0v) is 24.0. The highest BCUT2D eigenvalue weighted by Gasteiger charge is 2.68. The number of carbonyl (C=O) groups excluding carboxylic acids is 3. The van der Waals surface area contributed by atoms with Crippen LogP contribution in [0, 0.1) is 11.8 Å². The lowest BCUT2D eigenvalue weighted by atomic mass is 9.47. The molecule has 0 aromatic heterocycles. The number of nitrogens with one attached hydrogen (secondary N) is 2. The van der Waals surface area contributed by atoms with Crippen molar-refractivity contribution in [2.24, 2.45) is 16.9 Å². The van der Waals surface area contributed by atoms with Gasteiger partial charge in [-0.25, -0.2) is 10.3 Å². The van der Waals surface area contributed by atoms with E-state index in [0.29, 0.717) is 27.9 Å². The summed E-state index contributed by atoms with van der Waals surface area (Å²) >= 11 is 6.51. The molecule has 9 rings (SSSR count). The molecule has 0 unspecified atom stereocenters. The Hall–Kier alpha value is -5.15. The minimum absolute atomic E-state index is 0.0526. The maximum absolute atomic E-state index is 14.4. The summed E-state index contributed by atoms with van der Waals surface area (Å²) in [5.41, 5.74) is 6.30. The number of anilines is 2. The number of hydrogen-bond donors (Lipinski definition) is 2. The van der Waals surface area contributed by atoms with Gasteiger partial charge in [0, 0.05) is 23.9 Å². The molecule has 2 aliphatic heterocycles. The third-order valence-electron chi connectivity index (χ3n) is 9.06. The van der Waals surface area contributed by atoms with Crippen LogP contribution >= 0.6 is 11.6 Å². The van der Waals surface area contributed by atoms with Crippen LogP contribution in [0.2, 0.25) is 5.02 Å². The highest BCUT2D eigenvalue weighted by Crippen LogP contribution is 2.63. The van der Waals surface area contributed by atoms with Crippen LogP contribution in [0.15, 0.2) is 96.1 Å². The summed E-state index contributed by atoms with van der Waals surface area (Å²) in [6, 6.07) is 27.9. The predicted molar refractivity (Wildman–Crippen MR) is 164 cm³/mol. The minimum atomic E-state index is -1.10. The van der Waals surface area contributed by atoms with Crippen LogP contribution in [-0.4, -0.2) is 37.3 Å². The lowest BCUT2D eigenvalue weighted by molar-refractivity contribution is -0.122. The molecular formula is C34H25ClN4O5. The van der Waals surface area contributed by atoms with Gasteiger partial charge in [0.15, 0.2) is 11.5 Å². The van der Waals surface area contributed by atoms with Gasteiger partial charge in [0.1, 0.15) is 0 Å². The molecule has 9 nitrogen and oxygen atoms in total. The van der Waals surface area contributed by atoms with Crippen molar-refractivity contribution in [1.29, 1.82) is 0 Å². The second-order valence-electron chi connectivity index (χ2n) is 11.2. The van der Waals surface area contributed by atoms with E-state index in [-0.39, 0.29) is 37.0 Å². The summed E-state index contributed by atoms with van der Waals surface area (Å²) in [6.07, 6.45) is 1.64. The second-order valence-corrected chi connectivity index (χ2v) is 11.6. The van der Waals surface area contributed by atoms with E-state index < -0.39 is 17.3 Å². The van der Waals surface area contributed by atoms with Crippen LogP contribution < -0.4 is 25.1 Å². The van der Waals surface area contributed by atoms with Gasteiger partial charge in [0.25, 0.3) is 5.91 Å². The number of hydrazone groups is 1. The fourth-order valence-corrected chi connectivity index (χ4v) is 7.57. The Labute approximate surface area is 257 Å². The summed E-state index contributed by atoms with van der Waals surface area (Å²) in [4.78, 5) is 42.8. The summed E-state index contributed by atoms with van der Waals surface area (Å²) in [5.74, 6) is -1.53. The normalized spacial score (nSPS) is 23.8. The number of ether oxygens (including phenoxy) is 2. The SMILES string of the molecule is O=C(CNc1ccc2c(c1)OCO2)N/N=C/C12c3ccccc3C(c3ccccc31)[C@@H]1C(=O)N(c3ccccc3Cl)C(=O)[C@@H]12. The molecule has 3 amide bonds. The molecule has 218 valence electrons. The fourth-order valence-electron chi connectivity index (χ4n) is 7.35. The quantitative estimate of drug-likeness (QED) is 0.185. The van der Waals surface area contributed by atoms with Gasteiger partial charge < -0.3 is 14.8 Å². The number of halogens is 1. The Balaban J connectivity index is 1.17. The largest absolute Gasteiger partial charge is 0.454 e. The van der Waals surface area contributed by atoms with Crippen molar-refractivity contribution in [3.8, 4) is 11.5 Å². The van der Waals surface area contributed by atoms with Crippen molar-refractivity contribution in [2.75, 3.05) is 23.6 Å². The van der Waals surface area contributed by atoms with Gasteiger partial charge in [0.05, 0.1) is 34.5 Å². The first-order valence-corrected chi connectivity index (χ1v) is 14.6. The van der Waals surface area contributed by atoms with Gasteiger partial charge in [-0.15, -0.1) is 0 Å². The number of carbonyl (C=O) groups is 3. The maximum Gasteiger partial charge on any atom is 0.259 e. The smallest absolute Gasteiger partial charge is 0.259 e. The zero-order chi connectivity index (χ0) is 30.0. The van der Waals surface area contributed by atoms with Crippen molar-refractivity contribution >= 4 is 46.9 Å². The van der Waals surface area contributed by atoms with E-state index in [1.807, 2.05) is 48.5 Å². The third kappa shape index (κ3) is 3.72. The molecule has 0 saturated carbocycles. The van der Waals surface area contributed by atoms with Gasteiger partial charge in [-0.1, -0.05) is 72.3 Å². The molecule has 3 aliphatic carbocycles. The second kappa shape index (κ2) is 9.96. The Bertz CT molecular complexity index is 1860. The Morgan fingerprint density at radius 2 is 1.59 bits per heavy atom. The lowest BCUT2D eigenvalue weighted by Gasteiger charge is -2.52. The Morgan fingerprint density at radius 1 is 0.909 bits per heavy atom. The number of rotatable bonds is 6. The van der Waals surface area contributed by atoms with Crippen molar-refractivity contribution in [3.05, 3.63) is 118 Å². The molecule has 4 aromatic rings. The van der Waals surface area contributed by atoms with E-state index in [9.17, 15) is 14.4 Å². The average molecular weight is 605 g/mol. The number of amides is 3. The molecule has 2 N–H and O–H groups in total. The number of hydrogen-bond acceptors (Lipinski definition) is 7. The average Bonchev–Trinajstić information content (AvgIpc) is 3.62. The third-order valence-corrected chi connectivity index (χ3v) is 9.38. The van der Waals surface area contributed by atoms with E-state index in [4.69, 9.17) is 21.1 Å². The lowest BCUT2D eigenvalue weighted by Crippen LogP contribution is -2.54. The summed E-state index contributed by atoms with van der Waals surface area (Å²) in [5, 5.41) is 7.83. The maximum atomic E-state index is 14.4. The summed E-state index contributed by atoms with van der Waals surface area (Å²) in [6.45, 7) is 0.109. The van der Waals surface area contributed by atoms with E-state index in [0.717, 1.165) is 22.3 Å². The molecule has 44 heavy (non-hydrogen) atoms. The van der Waals surface area contributed by atoms with Crippen molar-refractivity contribution in [1.82, 2.24) is 5.43 Å². The van der Waals surface area contributed by atoms with Gasteiger partial charge in [-0.05, 0) is 46.5 Å². The van der Waals surface area contributed by atoms with E-state index in [1.54, 1.807) is 48.7 Å². The number of imide groups is 1. The minimum Gasteiger partial charge on any atom is -0.454 e. The number of para-hydroxylation sites is 1. The molecular weight excluding hydrogens is 580 g/mol. The highest BCUT2D eigenvalue weighted by molar-refractivity contribution is 6.36. The molecule has 10 heteroatoms. The Kier molecular flexibility index (Phi) is 5.99. The van der Waals surface area contributed by atoms with Crippen molar-refractivity contribution in [2.45, 2.75) is 11.3 Å². The monoisotopic (exact) mass is 604 g/mol. The number of fused-ring (bicyclic) bond motifs is 1. The molecule has 1 saturated heterocycles. The van der Waals surface area contributed by atoms with E-state index >= 15 is 0 Å². The van der Waals surface area contributed by atoms with Crippen LogP contribution in [0.25, 0.3) is 0 Å². The molecule has 4 aromatic carbocycles. The van der Waals surface area contributed by atoms with Crippen LogP contribution in [0.1, 0.15) is 28.2 Å². The Morgan fingerprint density at radius 3 is 2.34 bits per heavy atom. The molecule has 2 heterocycles. The van der Waals surface area contributed by atoms with E-state index in [2.05, 4.69) is 15.8 Å². The fraction of sp³-hybridized carbons (Fsp3) is 0.176. The highest BCUT2D eigenvalue weighted by atomic mass is 35.5. The van der Waals surface area contributed by atoms with Gasteiger partial charge in [-0.3, -0.25) is 14.4 Å². The van der Waals surface area contributed by atoms with Gasteiger partial charge in [0.2, 0.25) is 18.6 Å². The van der Waals surface area contributed by atoms with Crippen LogP contribution in [-0.2, 0) is 19.8 Å². The number of benzene rings is 4. The van der Waals surface area contributed by atoms with Gasteiger partial charge >= 0.3 is 0 Å². The molecule has 2 atom stereocenters. The topological polar surface area (TPSA) is 109 Å². The molecule has 5 aliphatic rings. The molecule has 2 bridgehead atoms. The molecule has 0 spiro atoms. The summed E-state index contributed by atoms with van der Waals surface area (Å²) < 4.78 is 10.7. The van der Waals surface area contributed by atoms with Crippen molar-refractivity contribution in [3.63, 3.8) is 0 Å². The van der Waals surface area contributed by atoms with Crippen LogP contribution in [0.4, 0.5) is 11.4 Å². The standard InChI is InChI=1S/C34H25ClN4O5/c35-24-11-5-6-12-25(24)39-32(41)30-29-20-7-1-3-9-22(20)34(31(30)33(39)42,23-10-4-2-8-21(23)29)17-37-38-28(40)16-36-19-13-14-26-27(15-19)44-18-43-26/h1-15,17,29-31,36H,16,18H2,(H,38,40)/b37-17+/t29?,30-,31+,34?/m0/s1. The van der Waals surface area contributed by atoms with Gasteiger partial charge in [-0.2, -0.15) is 5.10 Å². The first-order valence-electron chi connectivity index (χ1n) is 14.3. The van der Waals surface area contributed by atoms with Crippen molar-refractivity contribution < 1.29 is 23.9 Å². The summed E-state index contributed by atoms with van der Waals surface area (Å²) in [7, 11) is 0. The number of nitrogens with zero attached hydrogens (tertiary/aromatic N) is 2.